The summed E-state index contributed by atoms with van der Waals surface area (Å²) in [6, 6.07) is 14.2. The average Bonchev–Trinajstić information content (AvgIpc) is 2.94. The fourth-order valence-corrected chi connectivity index (χ4v) is 2.26. The van der Waals surface area contributed by atoms with Crippen molar-refractivity contribution < 1.29 is 9.47 Å². The molecule has 19 heavy (non-hydrogen) atoms. The third-order valence-corrected chi connectivity index (χ3v) is 3.50. The van der Waals surface area contributed by atoms with Crippen molar-refractivity contribution in [2.24, 2.45) is 5.73 Å². The normalized spacial score (nSPS) is 14.4. The van der Waals surface area contributed by atoms with Crippen molar-refractivity contribution in [3.63, 3.8) is 0 Å². The van der Waals surface area contributed by atoms with Crippen LogP contribution >= 0.6 is 0 Å². The lowest BCUT2D eigenvalue weighted by atomic mass is 9.98. The fourth-order valence-electron chi connectivity index (χ4n) is 2.26. The Bertz CT molecular complexity index is 578. The van der Waals surface area contributed by atoms with Crippen LogP contribution in [-0.2, 0) is 6.42 Å². The van der Waals surface area contributed by atoms with Gasteiger partial charge in [-0.05, 0) is 35.2 Å². The minimum absolute atomic E-state index is 0.139. The van der Waals surface area contributed by atoms with Gasteiger partial charge in [0, 0.05) is 0 Å². The minimum Gasteiger partial charge on any atom is -0.454 e. The summed E-state index contributed by atoms with van der Waals surface area (Å²) in [6.45, 7) is 2.44. The lowest BCUT2D eigenvalue weighted by Crippen LogP contribution is -2.11. The van der Waals surface area contributed by atoms with Crippen molar-refractivity contribution in [3.05, 3.63) is 59.2 Å². The number of benzene rings is 2. The number of rotatable bonds is 3. The van der Waals surface area contributed by atoms with Gasteiger partial charge in [0.1, 0.15) is 0 Å². The summed E-state index contributed by atoms with van der Waals surface area (Å²) in [7, 11) is 0. The number of fused-ring (bicyclic) bond motifs is 1. The zero-order valence-corrected chi connectivity index (χ0v) is 10.9. The number of aryl methyl sites for hydroxylation is 1. The van der Waals surface area contributed by atoms with Crippen LogP contribution in [0.15, 0.2) is 42.5 Å². The first-order valence-corrected chi connectivity index (χ1v) is 6.52. The highest BCUT2D eigenvalue weighted by molar-refractivity contribution is 5.47. The molecular weight excluding hydrogens is 238 g/mol. The Kier molecular flexibility index (Phi) is 3.13. The van der Waals surface area contributed by atoms with Crippen LogP contribution in [0.5, 0.6) is 11.5 Å². The van der Waals surface area contributed by atoms with Crippen LogP contribution in [0.3, 0.4) is 0 Å². The smallest absolute Gasteiger partial charge is 0.231 e. The molecule has 3 rings (SSSR count). The van der Waals surface area contributed by atoms with Gasteiger partial charge in [0.2, 0.25) is 6.79 Å². The van der Waals surface area contributed by atoms with E-state index in [2.05, 4.69) is 31.2 Å². The van der Waals surface area contributed by atoms with Crippen molar-refractivity contribution in [1.29, 1.82) is 0 Å². The van der Waals surface area contributed by atoms with Crippen LogP contribution in [-0.4, -0.2) is 6.79 Å². The number of ether oxygens (including phenoxy) is 2. The predicted molar refractivity (Wildman–Crippen MR) is 74.4 cm³/mol. The van der Waals surface area contributed by atoms with Gasteiger partial charge in [-0.1, -0.05) is 37.3 Å². The van der Waals surface area contributed by atoms with E-state index in [-0.39, 0.29) is 6.04 Å². The van der Waals surface area contributed by atoms with Gasteiger partial charge >= 0.3 is 0 Å². The maximum absolute atomic E-state index is 6.31. The Balaban J connectivity index is 1.88. The van der Waals surface area contributed by atoms with Gasteiger partial charge in [0.25, 0.3) is 0 Å². The van der Waals surface area contributed by atoms with Crippen molar-refractivity contribution in [1.82, 2.24) is 0 Å². The van der Waals surface area contributed by atoms with Crippen molar-refractivity contribution in [3.8, 4) is 11.5 Å². The molecule has 1 atom stereocenters. The molecule has 0 aliphatic carbocycles. The summed E-state index contributed by atoms with van der Waals surface area (Å²) in [4.78, 5) is 0. The molecule has 0 fully saturated rings. The van der Waals surface area contributed by atoms with Gasteiger partial charge in [0.05, 0.1) is 6.04 Å². The molecule has 2 N–H and O–H groups in total. The van der Waals surface area contributed by atoms with Gasteiger partial charge < -0.3 is 15.2 Å². The maximum Gasteiger partial charge on any atom is 0.231 e. The number of nitrogens with two attached hydrogens (primary N) is 1. The van der Waals surface area contributed by atoms with Gasteiger partial charge in [0.15, 0.2) is 11.5 Å². The van der Waals surface area contributed by atoms with Crippen molar-refractivity contribution in [2.75, 3.05) is 6.79 Å². The first kappa shape index (κ1) is 12.1. The molecule has 1 aliphatic rings. The molecule has 0 aromatic heterocycles. The summed E-state index contributed by atoms with van der Waals surface area (Å²) in [6.07, 6.45) is 1.04. The summed E-state index contributed by atoms with van der Waals surface area (Å²) < 4.78 is 10.7. The monoisotopic (exact) mass is 255 g/mol. The Morgan fingerprint density at radius 1 is 1.00 bits per heavy atom. The molecule has 0 spiro atoms. The van der Waals surface area contributed by atoms with E-state index in [0.29, 0.717) is 6.79 Å². The second-order valence-electron chi connectivity index (χ2n) is 4.69. The van der Waals surface area contributed by atoms with Crippen molar-refractivity contribution in [2.45, 2.75) is 19.4 Å². The van der Waals surface area contributed by atoms with Gasteiger partial charge in [-0.15, -0.1) is 0 Å². The molecule has 3 heteroatoms. The van der Waals surface area contributed by atoms with E-state index in [4.69, 9.17) is 15.2 Å². The average molecular weight is 255 g/mol. The summed E-state index contributed by atoms with van der Waals surface area (Å²) in [5.41, 5.74) is 9.77. The highest BCUT2D eigenvalue weighted by Gasteiger charge is 2.16. The molecule has 1 heterocycles. The Labute approximate surface area is 113 Å². The standard InChI is InChI=1S/C16H17NO2/c1-2-11-3-5-12(6-4-11)16(17)13-7-8-14-15(9-13)19-10-18-14/h3-9,16H,2,10,17H2,1H3. The van der Waals surface area contributed by atoms with E-state index in [0.717, 1.165) is 29.0 Å². The van der Waals surface area contributed by atoms with E-state index < -0.39 is 0 Å². The number of hydrogen-bond donors (Lipinski definition) is 1. The maximum atomic E-state index is 6.31. The molecular formula is C16H17NO2. The molecule has 0 saturated carbocycles. The molecule has 0 bridgehead atoms. The first-order valence-electron chi connectivity index (χ1n) is 6.52. The third kappa shape index (κ3) is 2.29. The predicted octanol–water partition coefficient (Wildman–Crippen LogP) is 3.03. The summed E-state index contributed by atoms with van der Waals surface area (Å²) in [5, 5.41) is 0. The molecule has 0 radical (unpaired) electrons. The molecule has 1 aliphatic heterocycles. The SMILES string of the molecule is CCc1ccc(C(N)c2ccc3c(c2)OCO3)cc1. The van der Waals surface area contributed by atoms with Crippen LogP contribution in [0.4, 0.5) is 0 Å². The van der Waals surface area contributed by atoms with Crippen LogP contribution < -0.4 is 15.2 Å². The van der Waals surface area contributed by atoms with Gasteiger partial charge in [-0.25, -0.2) is 0 Å². The number of hydrogen-bond acceptors (Lipinski definition) is 3. The topological polar surface area (TPSA) is 44.5 Å². The highest BCUT2D eigenvalue weighted by Crippen LogP contribution is 2.34. The van der Waals surface area contributed by atoms with Gasteiger partial charge in [-0.3, -0.25) is 0 Å². The molecule has 0 amide bonds. The zero-order chi connectivity index (χ0) is 13.2. The highest BCUT2D eigenvalue weighted by atomic mass is 16.7. The second-order valence-corrected chi connectivity index (χ2v) is 4.69. The quantitative estimate of drug-likeness (QED) is 0.916. The lowest BCUT2D eigenvalue weighted by Gasteiger charge is -2.13. The molecule has 2 aromatic rings. The minimum atomic E-state index is -0.139. The molecule has 1 unspecified atom stereocenters. The van der Waals surface area contributed by atoms with Crippen LogP contribution in [0.2, 0.25) is 0 Å². The third-order valence-electron chi connectivity index (χ3n) is 3.50. The van der Waals surface area contributed by atoms with E-state index in [1.54, 1.807) is 0 Å². The molecule has 2 aromatic carbocycles. The van der Waals surface area contributed by atoms with E-state index in [9.17, 15) is 0 Å². The van der Waals surface area contributed by atoms with Crippen molar-refractivity contribution >= 4 is 0 Å². The molecule has 3 nitrogen and oxygen atoms in total. The van der Waals surface area contributed by atoms with Crippen LogP contribution in [0, 0.1) is 0 Å². The summed E-state index contributed by atoms with van der Waals surface area (Å²) in [5.74, 6) is 1.57. The van der Waals surface area contributed by atoms with Crippen LogP contribution in [0.1, 0.15) is 29.7 Å². The van der Waals surface area contributed by atoms with Gasteiger partial charge in [-0.2, -0.15) is 0 Å². The molecule has 0 saturated heterocycles. The second kappa shape index (κ2) is 4.94. The van der Waals surface area contributed by atoms with E-state index in [1.807, 2.05) is 18.2 Å². The largest absolute Gasteiger partial charge is 0.454 e. The Hall–Kier alpha value is -2.00. The summed E-state index contributed by atoms with van der Waals surface area (Å²) >= 11 is 0. The fraction of sp³-hybridized carbons (Fsp3) is 0.250. The first-order chi connectivity index (χ1) is 9.28. The molecule has 98 valence electrons. The zero-order valence-electron chi connectivity index (χ0n) is 10.9. The lowest BCUT2D eigenvalue weighted by molar-refractivity contribution is 0.174. The Morgan fingerprint density at radius 3 is 2.42 bits per heavy atom. The van der Waals surface area contributed by atoms with E-state index in [1.165, 1.54) is 5.56 Å². The van der Waals surface area contributed by atoms with Crippen LogP contribution in [0.25, 0.3) is 0 Å². The Morgan fingerprint density at radius 2 is 1.68 bits per heavy atom. The van der Waals surface area contributed by atoms with E-state index >= 15 is 0 Å².